The lowest BCUT2D eigenvalue weighted by Gasteiger charge is -2.13. The zero-order valence-electron chi connectivity index (χ0n) is 11.7. The first-order chi connectivity index (χ1) is 9.47. The smallest absolute Gasteiger partial charge is 0.147 e. The molecule has 20 heavy (non-hydrogen) atoms. The number of Topliss-reactive ketones (excluding diaryl/α,β-unsaturated/α-hetero) is 1. The Kier molecular flexibility index (Phi) is 3.44. The van der Waals surface area contributed by atoms with Crippen LogP contribution in [-0.4, -0.2) is 26.2 Å². The summed E-state index contributed by atoms with van der Waals surface area (Å²) >= 11 is 0. The van der Waals surface area contributed by atoms with Crippen LogP contribution in [0, 0.1) is 11.8 Å². The lowest BCUT2D eigenvalue weighted by Crippen LogP contribution is -2.08. The van der Waals surface area contributed by atoms with E-state index in [4.69, 9.17) is 0 Å². The van der Waals surface area contributed by atoms with Gasteiger partial charge in [0, 0.05) is 18.6 Å². The second kappa shape index (κ2) is 4.99. The summed E-state index contributed by atoms with van der Waals surface area (Å²) in [5, 5.41) is 0. The molecular formula is C16H20O3S. The Morgan fingerprint density at radius 2 is 2.05 bits per heavy atom. The third kappa shape index (κ3) is 2.66. The molecule has 1 fully saturated rings. The van der Waals surface area contributed by atoms with Crippen molar-refractivity contribution in [2.75, 3.05) is 12.0 Å². The van der Waals surface area contributed by atoms with Crippen molar-refractivity contribution in [3.05, 3.63) is 35.4 Å². The van der Waals surface area contributed by atoms with Crippen molar-refractivity contribution in [3.63, 3.8) is 0 Å². The number of fused-ring (bicyclic) bond motifs is 3. The number of hydrogen-bond donors (Lipinski definition) is 0. The molecule has 3 rings (SSSR count). The average Bonchev–Trinajstić information content (AvgIpc) is 3.12. The van der Waals surface area contributed by atoms with Crippen molar-refractivity contribution < 1.29 is 13.2 Å². The number of hydrogen-bond acceptors (Lipinski definition) is 3. The van der Waals surface area contributed by atoms with E-state index in [-0.39, 0.29) is 17.5 Å². The second-order valence-electron chi connectivity index (χ2n) is 6.15. The van der Waals surface area contributed by atoms with E-state index in [2.05, 4.69) is 18.2 Å². The first-order valence-corrected chi connectivity index (χ1v) is 9.31. The molecule has 2 aliphatic carbocycles. The van der Waals surface area contributed by atoms with Crippen molar-refractivity contribution in [1.29, 1.82) is 0 Å². The lowest BCUT2D eigenvalue weighted by atomic mass is 9.92. The van der Waals surface area contributed by atoms with Crippen LogP contribution in [0.4, 0.5) is 0 Å². The molecule has 108 valence electrons. The van der Waals surface area contributed by atoms with E-state index in [1.54, 1.807) is 0 Å². The molecule has 0 saturated heterocycles. The van der Waals surface area contributed by atoms with Gasteiger partial charge in [-0.3, -0.25) is 4.79 Å². The van der Waals surface area contributed by atoms with Crippen LogP contribution < -0.4 is 0 Å². The Hall–Kier alpha value is -1.16. The molecule has 0 amide bonds. The fourth-order valence-corrected chi connectivity index (χ4v) is 4.35. The number of sulfone groups is 1. The van der Waals surface area contributed by atoms with Gasteiger partial charge in [-0.15, -0.1) is 0 Å². The fourth-order valence-electron chi connectivity index (χ4n) is 3.68. The van der Waals surface area contributed by atoms with Gasteiger partial charge in [-0.05, 0) is 42.2 Å². The predicted molar refractivity (Wildman–Crippen MR) is 78.4 cm³/mol. The largest absolute Gasteiger partial charge is 0.299 e. The van der Waals surface area contributed by atoms with Gasteiger partial charge in [0.25, 0.3) is 0 Å². The number of carbonyl (C=O) groups is 1. The van der Waals surface area contributed by atoms with Crippen LogP contribution in [0.3, 0.4) is 0 Å². The SMILES string of the molecule is CS(=O)(=O)CCCC(=O)C1C2CCc3ccccc3C21. The maximum absolute atomic E-state index is 12.3. The van der Waals surface area contributed by atoms with Gasteiger partial charge in [-0.2, -0.15) is 0 Å². The molecule has 0 spiro atoms. The van der Waals surface area contributed by atoms with Crippen molar-refractivity contribution in [2.45, 2.75) is 31.6 Å². The first-order valence-electron chi connectivity index (χ1n) is 7.25. The minimum atomic E-state index is -2.95. The molecule has 1 aromatic rings. The Balaban J connectivity index is 1.63. The van der Waals surface area contributed by atoms with Gasteiger partial charge < -0.3 is 0 Å². The van der Waals surface area contributed by atoms with Crippen LogP contribution in [-0.2, 0) is 21.1 Å². The molecule has 4 heteroatoms. The molecule has 0 bridgehead atoms. The number of benzene rings is 1. The second-order valence-corrected chi connectivity index (χ2v) is 8.41. The van der Waals surface area contributed by atoms with E-state index in [9.17, 15) is 13.2 Å². The van der Waals surface area contributed by atoms with Gasteiger partial charge >= 0.3 is 0 Å². The lowest BCUT2D eigenvalue weighted by molar-refractivity contribution is -0.120. The minimum absolute atomic E-state index is 0.122. The molecule has 3 unspecified atom stereocenters. The molecule has 1 aromatic carbocycles. The van der Waals surface area contributed by atoms with E-state index >= 15 is 0 Å². The molecule has 0 aliphatic heterocycles. The monoisotopic (exact) mass is 292 g/mol. The summed E-state index contributed by atoms with van der Waals surface area (Å²) in [6.07, 6.45) is 4.28. The minimum Gasteiger partial charge on any atom is -0.299 e. The van der Waals surface area contributed by atoms with Gasteiger partial charge in [0.05, 0.1) is 5.75 Å². The highest BCUT2D eigenvalue weighted by atomic mass is 32.2. The summed E-state index contributed by atoms with van der Waals surface area (Å²) in [6, 6.07) is 8.42. The van der Waals surface area contributed by atoms with Crippen LogP contribution in [0.25, 0.3) is 0 Å². The standard InChI is InChI=1S/C16H20O3S/c1-20(18,19)10-4-7-14(17)16-13-9-8-11-5-2-3-6-12(11)15(13)16/h2-3,5-6,13,15-16H,4,7-10H2,1H3. The number of rotatable bonds is 5. The molecule has 0 aromatic heterocycles. The summed E-state index contributed by atoms with van der Waals surface area (Å²) in [4.78, 5) is 12.3. The van der Waals surface area contributed by atoms with Crippen LogP contribution in [0.1, 0.15) is 36.3 Å². The summed E-state index contributed by atoms with van der Waals surface area (Å²) in [5.74, 6) is 1.46. The number of aryl methyl sites for hydroxylation is 1. The maximum Gasteiger partial charge on any atom is 0.147 e. The van der Waals surface area contributed by atoms with Crippen molar-refractivity contribution >= 4 is 15.6 Å². The van der Waals surface area contributed by atoms with Gasteiger partial charge in [0.2, 0.25) is 0 Å². The van der Waals surface area contributed by atoms with E-state index in [1.807, 2.05) is 6.07 Å². The zero-order valence-corrected chi connectivity index (χ0v) is 12.5. The summed E-state index contributed by atoms with van der Waals surface area (Å²) in [6.45, 7) is 0. The maximum atomic E-state index is 12.3. The zero-order chi connectivity index (χ0) is 14.3. The van der Waals surface area contributed by atoms with Crippen LogP contribution in [0.2, 0.25) is 0 Å². The van der Waals surface area contributed by atoms with E-state index < -0.39 is 9.84 Å². The molecule has 3 nitrogen and oxygen atoms in total. The Bertz CT molecular complexity index is 633. The van der Waals surface area contributed by atoms with Gasteiger partial charge in [0.1, 0.15) is 15.6 Å². The molecule has 1 saturated carbocycles. The predicted octanol–water partition coefficient (Wildman–Crippen LogP) is 2.36. The first kappa shape index (κ1) is 13.8. The van der Waals surface area contributed by atoms with E-state index in [0.29, 0.717) is 24.7 Å². The van der Waals surface area contributed by atoms with Crippen molar-refractivity contribution in [1.82, 2.24) is 0 Å². The van der Waals surface area contributed by atoms with Crippen LogP contribution in [0.15, 0.2) is 24.3 Å². The Labute approximate surface area is 120 Å². The number of ketones is 1. The summed E-state index contributed by atoms with van der Waals surface area (Å²) in [5.41, 5.74) is 2.74. The summed E-state index contributed by atoms with van der Waals surface area (Å²) < 4.78 is 22.2. The van der Waals surface area contributed by atoms with E-state index in [1.165, 1.54) is 17.4 Å². The highest BCUT2D eigenvalue weighted by molar-refractivity contribution is 7.90. The molecule has 0 radical (unpaired) electrons. The molecule has 3 atom stereocenters. The topological polar surface area (TPSA) is 51.2 Å². The molecular weight excluding hydrogens is 272 g/mol. The average molecular weight is 292 g/mol. The van der Waals surface area contributed by atoms with Crippen molar-refractivity contribution in [2.24, 2.45) is 11.8 Å². The number of carbonyl (C=O) groups excluding carboxylic acids is 1. The quantitative estimate of drug-likeness (QED) is 0.837. The Morgan fingerprint density at radius 1 is 1.30 bits per heavy atom. The van der Waals surface area contributed by atoms with Crippen LogP contribution >= 0.6 is 0 Å². The van der Waals surface area contributed by atoms with Gasteiger partial charge in [-0.25, -0.2) is 8.42 Å². The highest BCUT2D eigenvalue weighted by Crippen LogP contribution is 2.60. The normalized spacial score (nSPS) is 27.6. The molecule has 0 N–H and O–H groups in total. The fraction of sp³-hybridized carbons (Fsp3) is 0.562. The van der Waals surface area contributed by atoms with Crippen LogP contribution in [0.5, 0.6) is 0 Å². The molecule has 0 heterocycles. The molecule has 2 aliphatic rings. The summed E-state index contributed by atoms with van der Waals surface area (Å²) in [7, 11) is -2.95. The third-order valence-electron chi connectivity index (χ3n) is 4.64. The third-order valence-corrected chi connectivity index (χ3v) is 5.67. The van der Waals surface area contributed by atoms with Gasteiger partial charge in [-0.1, -0.05) is 24.3 Å². The highest BCUT2D eigenvalue weighted by Gasteiger charge is 2.56. The Morgan fingerprint density at radius 3 is 2.80 bits per heavy atom. The van der Waals surface area contributed by atoms with Crippen molar-refractivity contribution in [3.8, 4) is 0 Å². The van der Waals surface area contributed by atoms with Gasteiger partial charge in [0.15, 0.2) is 0 Å². The van der Waals surface area contributed by atoms with E-state index in [0.717, 1.165) is 12.8 Å².